The molecule has 0 radical (unpaired) electrons. The summed E-state index contributed by atoms with van der Waals surface area (Å²) in [6.07, 6.45) is 1.43. The number of carbonyl (C=O) groups is 1. The Morgan fingerprint density at radius 3 is 2.80 bits per heavy atom. The molecule has 0 spiro atoms. The zero-order valence-corrected chi connectivity index (χ0v) is 10.6. The van der Waals surface area contributed by atoms with Crippen molar-refractivity contribution in [3.63, 3.8) is 0 Å². The third-order valence-electron chi connectivity index (χ3n) is 2.93. The molecule has 0 aliphatic carbocycles. The maximum atomic E-state index is 10.9. The van der Waals surface area contributed by atoms with Crippen LogP contribution in [0.2, 0.25) is 0 Å². The van der Waals surface area contributed by atoms with Crippen molar-refractivity contribution in [2.45, 2.75) is 0 Å². The van der Waals surface area contributed by atoms with Crippen LogP contribution in [0.4, 0.5) is 0 Å². The Morgan fingerprint density at radius 1 is 1.25 bits per heavy atom. The Morgan fingerprint density at radius 2 is 2.05 bits per heavy atom. The van der Waals surface area contributed by atoms with E-state index in [4.69, 9.17) is 9.84 Å². The molecule has 1 N–H and O–H groups in total. The highest BCUT2D eigenvalue weighted by Crippen LogP contribution is 2.27. The number of carboxylic acid groups (broad SMARTS) is 1. The molecule has 1 aromatic carbocycles. The first-order valence-corrected chi connectivity index (χ1v) is 5.92. The van der Waals surface area contributed by atoms with Crippen LogP contribution >= 0.6 is 0 Å². The first kappa shape index (κ1) is 12.2. The molecule has 2 aromatic heterocycles. The second-order valence-electron chi connectivity index (χ2n) is 4.16. The number of pyridine rings is 1. The van der Waals surface area contributed by atoms with E-state index in [1.54, 1.807) is 13.2 Å². The molecule has 100 valence electrons. The number of ether oxygens (including phenoxy) is 1. The van der Waals surface area contributed by atoms with E-state index in [1.807, 2.05) is 24.3 Å². The van der Waals surface area contributed by atoms with Crippen molar-refractivity contribution in [1.82, 2.24) is 14.6 Å². The van der Waals surface area contributed by atoms with Crippen LogP contribution in [0.5, 0.6) is 5.75 Å². The fourth-order valence-electron chi connectivity index (χ4n) is 1.95. The summed E-state index contributed by atoms with van der Waals surface area (Å²) < 4.78 is 6.72. The number of hydrogen-bond donors (Lipinski definition) is 1. The van der Waals surface area contributed by atoms with Crippen molar-refractivity contribution < 1.29 is 14.6 Å². The van der Waals surface area contributed by atoms with Crippen LogP contribution in [0.1, 0.15) is 10.4 Å². The molecule has 2 heterocycles. The number of aromatic carboxylic acids is 1. The van der Waals surface area contributed by atoms with E-state index in [9.17, 15) is 4.79 Å². The highest BCUT2D eigenvalue weighted by Gasteiger charge is 2.12. The molecule has 20 heavy (non-hydrogen) atoms. The molecular weight excluding hydrogens is 258 g/mol. The van der Waals surface area contributed by atoms with E-state index < -0.39 is 5.97 Å². The van der Waals surface area contributed by atoms with Gasteiger partial charge >= 0.3 is 5.97 Å². The minimum absolute atomic E-state index is 0.161. The van der Waals surface area contributed by atoms with Gasteiger partial charge in [0, 0.05) is 6.20 Å². The Labute approximate surface area is 114 Å². The minimum Gasteiger partial charge on any atom is -0.496 e. The van der Waals surface area contributed by atoms with Gasteiger partial charge in [0.1, 0.15) is 5.75 Å². The Bertz CT molecular complexity index is 795. The number of para-hydroxylation sites is 1. The Kier molecular flexibility index (Phi) is 2.83. The van der Waals surface area contributed by atoms with Crippen molar-refractivity contribution in [2.75, 3.05) is 7.11 Å². The number of methoxy groups -OCH3 is 1. The van der Waals surface area contributed by atoms with Crippen LogP contribution in [-0.2, 0) is 0 Å². The van der Waals surface area contributed by atoms with Crippen LogP contribution in [0, 0.1) is 0 Å². The summed E-state index contributed by atoms with van der Waals surface area (Å²) in [6.45, 7) is 0. The predicted octanol–water partition coefficient (Wildman–Crippen LogP) is 2.10. The van der Waals surface area contributed by atoms with E-state index in [0.29, 0.717) is 17.2 Å². The van der Waals surface area contributed by atoms with Crippen LogP contribution in [0.3, 0.4) is 0 Å². The largest absolute Gasteiger partial charge is 0.496 e. The number of benzene rings is 1. The molecule has 0 bridgehead atoms. The zero-order valence-electron chi connectivity index (χ0n) is 10.6. The molecule has 0 atom stereocenters. The molecule has 6 heteroatoms. The molecule has 0 amide bonds. The summed E-state index contributed by atoms with van der Waals surface area (Å²) in [5.74, 6) is 0.160. The summed E-state index contributed by atoms with van der Waals surface area (Å²) in [5.41, 5.74) is 1.50. The van der Waals surface area contributed by atoms with Crippen LogP contribution in [0.15, 0.2) is 42.6 Å². The van der Waals surface area contributed by atoms with E-state index in [0.717, 1.165) is 5.56 Å². The third kappa shape index (κ3) is 1.97. The third-order valence-corrected chi connectivity index (χ3v) is 2.93. The Hall–Kier alpha value is -2.89. The van der Waals surface area contributed by atoms with Crippen molar-refractivity contribution >= 4 is 11.6 Å². The number of aromatic nitrogens is 3. The average molecular weight is 269 g/mol. The SMILES string of the molecule is COc1ccccc1-c1nc2ccc(C(=O)O)cn2n1. The summed E-state index contributed by atoms with van der Waals surface area (Å²) in [4.78, 5) is 15.3. The smallest absolute Gasteiger partial charge is 0.337 e. The van der Waals surface area contributed by atoms with Crippen LogP contribution in [-0.4, -0.2) is 32.8 Å². The fraction of sp³-hybridized carbons (Fsp3) is 0.0714. The monoisotopic (exact) mass is 269 g/mol. The van der Waals surface area contributed by atoms with Gasteiger partial charge in [0.05, 0.1) is 18.2 Å². The highest BCUT2D eigenvalue weighted by atomic mass is 16.5. The summed E-state index contributed by atoms with van der Waals surface area (Å²) in [5, 5.41) is 13.3. The zero-order chi connectivity index (χ0) is 14.1. The first-order chi connectivity index (χ1) is 9.69. The number of hydrogen-bond acceptors (Lipinski definition) is 4. The van der Waals surface area contributed by atoms with E-state index in [-0.39, 0.29) is 5.56 Å². The van der Waals surface area contributed by atoms with Gasteiger partial charge in [0.15, 0.2) is 11.5 Å². The molecular formula is C14H11N3O3. The number of fused-ring (bicyclic) bond motifs is 1. The maximum absolute atomic E-state index is 10.9. The van der Waals surface area contributed by atoms with E-state index in [2.05, 4.69) is 10.1 Å². The lowest BCUT2D eigenvalue weighted by atomic mass is 10.2. The molecule has 0 aliphatic rings. The van der Waals surface area contributed by atoms with Gasteiger partial charge in [-0.2, -0.15) is 0 Å². The van der Waals surface area contributed by atoms with Gasteiger partial charge in [-0.05, 0) is 24.3 Å². The van der Waals surface area contributed by atoms with Crippen LogP contribution < -0.4 is 4.74 Å². The van der Waals surface area contributed by atoms with Gasteiger partial charge in [-0.25, -0.2) is 14.3 Å². The molecule has 0 saturated carbocycles. The second-order valence-corrected chi connectivity index (χ2v) is 4.16. The fourth-order valence-corrected chi connectivity index (χ4v) is 1.95. The molecule has 6 nitrogen and oxygen atoms in total. The summed E-state index contributed by atoms with van der Waals surface area (Å²) >= 11 is 0. The number of rotatable bonds is 3. The second kappa shape index (κ2) is 4.65. The van der Waals surface area contributed by atoms with Crippen molar-refractivity contribution in [2.24, 2.45) is 0 Å². The molecule has 0 unspecified atom stereocenters. The summed E-state index contributed by atoms with van der Waals surface area (Å²) in [6, 6.07) is 10.5. The standard InChI is InChI=1S/C14H11N3O3/c1-20-11-5-3-2-4-10(11)13-15-12-7-6-9(14(18)19)8-17(12)16-13/h2-8H,1H3,(H,18,19). The van der Waals surface area contributed by atoms with Gasteiger partial charge in [-0.1, -0.05) is 12.1 Å². The molecule has 0 saturated heterocycles. The van der Waals surface area contributed by atoms with Crippen molar-refractivity contribution in [3.05, 3.63) is 48.2 Å². The van der Waals surface area contributed by atoms with Gasteiger partial charge in [0.25, 0.3) is 0 Å². The lowest BCUT2D eigenvalue weighted by Crippen LogP contribution is -1.99. The lowest BCUT2D eigenvalue weighted by molar-refractivity contribution is 0.0696. The molecule has 0 fully saturated rings. The first-order valence-electron chi connectivity index (χ1n) is 5.92. The lowest BCUT2D eigenvalue weighted by Gasteiger charge is -2.03. The number of nitrogens with zero attached hydrogens (tertiary/aromatic N) is 3. The van der Waals surface area contributed by atoms with Gasteiger partial charge in [-0.3, -0.25) is 0 Å². The van der Waals surface area contributed by atoms with Gasteiger partial charge < -0.3 is 9.84 Å². The molecule has 0 aliphatic heterocycles. The van der Waals surface area contributed by atoms with Crippen LogP contribution in [0.25, 0.3) is 17.0 Å². The van der Waals surface area contributed by atoms with Gasteiger partial charge in [-0.15, -0.1) is 5.10 Å². The Balaban J connectivity index is 2.15. The highest BCUT2D eigenvalue weighted by molar-refractivity contribution is 5.87. The van der Waals surface area contributed by atoms with Crippen molar-refractivity contribution in [1.29, 1.82) is 0 Å². The predicted molar refractivity (Wildman–Crippen MR) is 71.9 cm³/mol. The average Bonchev–Trinajstić information content (AvgIpc) is 2.89. The molecule has 3 rings (SSSR count). The van der Waals surface area contributed by atoms with Crippen molar-refractivity contribution in [3.8, 4) is 17.1 Å². The maximum Gasteiger partial charge on any atom is 0.337 e. The molecule has 3 aromatic rings. The topological polar surface area (TPSA) is 76.7 Å². The normalized spacial score (nSPS) is 10.7. The minimum atomic E-state index is -0.999. The quantitative estimate of drug-likeness (QED) is 0.788. The summed E-state index contributed by atoms with van der Waals surface area (Å²) in [7, 11) is 1.58. The number of carboxylic acids is 1. The van der Waals surface area contributed by atoms with E-state index in [1.165, 1.54) is 16.8 Å². The van der Waals surface area contributed by atoms with Gasteiger partial charge in [0.2, 0.25) is 0 Å². The van der Waals surface area contributed by atoms with E-state index >= 15 is 0 Å².